The van der Waals surface area contributed by atoms with Crippen molar-refractivity contribution in [2.45, 2.75) is 57.4 Å². The van der Waals surface area contributed by atoms with Crippen molar-refractivity contribution in [3.63, 3.8) is 0 Å². The van der Waals surface area contributed by atoms with Crippen LogP contribution in [0, 0.1) is 0 Å². The van der Waals surface area contributed by atoms with Crippen LogP contribution in [0.5, 0.6) is 0 Å². The van der Waals surface area contributed by atoms with E-state index in [0.717, 1.165) is 34.9 Å². The highest BCUT2D eigenvalue weighted by atomic mass is 19.4. The van der Waals surface area contributed by atoms with E-state index in [1.807, 2.05) is 52.3 Å². The number of aliphatic carboxylic acids is 2. The van der Waals surface area contributed by atoms with Crippen LogP contribution in [0.15, 0.2) is 55.0 Å². The van der Waals surface area contributed by atoms with Crippen LogP contribution in [0.4, 0.5) is 13.2 Å². The highest BCUT2D eigenvalue weighted by molar-refractivity contribution is 5.87. The van der Waals surface area contributed by atoms with Gasteiger partial charge in [0.1, 0.15) is 6.04 Å². The highest BCUT2D eigenvalue weighted by Gasteiger charge is 2.38. The Kier molecular flexibility index (Phi) is 13.3. The summed E-state index contributed by atoms with van der Waals surface area (Å²) in [5.41, 5.74) is 1.87. The number of imidazole rings is 1. The predicted molar refractivity (Wildman–Crippen MR) is 163 cm³/mol. The number of likely N-dealkylation sites (tertiary alicyclic amines) is 1. The summed E-state index contributed by atoms with van der Waals surface area (Å²) in [6.07, 6.45) is 0.912. The van der Waals surface area contributed by atoms with Gasteiger partial charge in [0.2, 0.25) is 17.7 Å². The largest absolute Gasteiger partial charge is 0.490 e. The number of hydrogen-bond acceptors (Lipinski definition) is 7. The van der Waals surface area contributed by atoms with Gasteiger partial charge < -0.3 is 30.7 Å². The lowest BCUT2D eigenvalue weighted by atomic mass is 10.0. The zero-order valence-corrected chi connectivity index (χ0v) is 25.6. The zero-order chi connectivity index (χ0) is 34.6. The Bertz CT molecular complexity index is 1530. The molecule has 47 heavy (non-hydrogen) atoms. The third kappa shape index (κ3) is 11.7. The van der Waals surface area contributed by atoms with Crippen molar-refractivity contribution in [3.8, 4) is 0 Å². The molecular formula is C31H37F3N6O7. The third-order valence-electron chi connectivity index (χ3n) is 7.39. The number of carbonyl (C=O) groups excluding carboxylic acids is 3. The quantitative estimate of drug-likeness (QED) is 0.183. The number of nitrogens with one attached hydrogen (secondary N) is 3. The minimum Gasteiger partial charge on any atom is -0.480 e. The molecule has 16 heteroatoms. The van der Waals surface area contributed by atoms with Crippen molar-refractivity contribution in [2.24, 2.45) is 0 Å². The van der Waals surface area contributed by atoms with Gasteiger partial charge >= 0.3 is 18.1 Å². The summed E-state index contributed by atoms with van der Waals surface area (Å²) in [4.78, 5) is 69.0. The highest BCUT2D eigenvalue weighted by Crippen LogP contribution is 2.23. The number of halogens is 3. The Morgan fingerprint density at radius 1 is 1.11 bits per heavy atom. The van der Waals surface area contributed by atoms with E-state index < -0.39 is 30.1 Å². The molecule has 254 valence electrons. The maximum absolute atomic E-state index is 13.1. The molecule has 3 amide bonds. The van der Waals surface area contributed by atoms with E-state index in [1.165, 1.54) is 6.92 Å². The Morgan fingerprint density at radius 2 is 1.81 bits per heavy atom. The van der Waals surface area contributed by atoms with Crippen molar-refractivity contribution in [2.75, 3.05) is 26.2 Å². The van der Waals surface area contributed by atoms with E-state index in [-0.39, 0.29) is 30.9 Å². The van der Waals surface area contributed by atoms with E-state index in [9.17, 15) is 37.5 Å². The lowest BCUT2D eigenvalue weighted by molar-refractivity contribution is -0.192. The Morgan fingerprint density at radius 3 is 2.45 bits per heavy atom. The number of nitrogens with zero attached hydrogens (tertiary/aromatic N) is 3. The molecule has 1 aromatic heterocycles. The monoisotopic (exact) mass is 662 g/mol. The maximum atomic E-state index is 13.1. The van der Waals surface area contributed by atoms with Crippen molar-refractivity contribution in [3.05, 3.63) is 66.2 Å². The first-order valence-corrected chi connectivity index (χ1v) is 14.8. The first-order valence-electron chi connectivity index (χ1n) is 14.8. The standard InChI is InChI=1S/C29H36N6O5.C2HF3O2/c1-20(36)31-15-26(29(39)40)33-27(37)18-34(16-22-8-4-7-21-6-2-3-10-25(21)22)17-24-9-5-13-35(24)28(38)12-11-23-14-30-19-32-23;3-2(4,5)1(6)7/h2-4,6-8,10,14,19,24,26H,5,9,11-13,15-18H2,1H3,(H,30,32)(H,31,36)(H,33,37)(H,39,40);(H,6,7)/t24-,26-;/m0./s1. The van der Waals surface area contributed by atoms with E-state index in [1.54, 1.807) is 12.5 Å². The molecule has 0 aliphatic carbocycles. The van der Waals surface area contributed by atoms with E-state index in [4.69, 9.17) is 9.90 Å². The molecule has 0 bridgehead atoms. The van der Waals surface area contributed by atoms with Crippen molar-refractivity contribution >= 4 is 40.4 Å². The molecule has 1 aliphatic heterocycles. The van der Waals surface area contributed by atoms with Gasteiger partial charge in [-0.15, -0.1) is 0 Å². The second-order valence-electron chi connectivity index (χ2n) is 10.9. The van der Waals surface area contributed by atoms with Crippen molar-refractivity contribution in [1.82, 2.24) is 30.4 Å². The first-order chi connectivity index (χ1) is 22.2. The van der Waals surface area contributed by atoms with Crippen LogP contribution in [-0.2, 0) is 36.9 Å². The first kappa shape index (κ1) is 36.5. The smallest absolute Gasteiger partial charge is 0.480 e. The second kappa shape index (κ2) is 17.1. The molecule has 1 aliphatic rings. The molecule has 2 heterocycles. The van der Waals surface area contributed by atoms with Gasteiger partial charge in [-0.3, -0.25) is 19.3 Å². The Hall–Kier alpha value is -4.99. The van der Waals surface area contributed by atoms with Crippen LogP contribution in [0.25, 0.3) is 10.8 Å². The number of benzene rings is 2. The molecule has 0 saturated carbocycles. The number of rotatable bonds is 13. The van der Waals surface area contributed by atoms with Gasteiger partial charge in [0.25, 0.3) is 0 Å². The number of carboxylic acid groups (broad SMARTS) is 2. The molecule has 2 aromatic carbocycles. The molecule has 0 unspecified atom stereocenters. The maximum Gasteiger partial charge on any atom is 0.490 e. The lowest BCUT2D eigenvalue weighted by Crippen LogP contribution is -2.52. The molecule has 13 nitrogen and oxygen atoms in total. The van der Waals surface area contributed by atoms with Crippen LogP contribution >= 0.6 is 0 Å². The molecule has 3 aromatic rings. The third-order valence-corrected chi connectivity index (χ3v) is 7.39. The topological polar surface area (TPSA) is 185 Å². The number of carbonyl (C=O) groups is 5. The van der Waals surface area contributed by atoms with E-state index in [0.29, 0.717) is 32.5 Å². The average molecular weight is 663 g/mol. The number of fused-ring (bicyclic) bond motifs is 1. The van der Waals surface area contributed by atoms with E-state index in [2.05, 4.69) is 20.6 Å². The number of aromatic amines is 1. The molecule has 2 atom stereocenters. The van der Waals surface area contributed by atoms with Crippen LogP contribution in [0.1, 0.15) is 37.4 Å². The minimum atomic E-state index is -5.08. The number of aryl methyl sites for hydroxylation is 1. The molecule has 0 spiro atoms. The molecule has 0 radical (unpaired) electrons. The molecular weight excluding hydrogens is 625 g/mol. The fourth-order valence-corrected chi connectivity index (χ4v) is 5.20. The Labute approximate surface area is 268 Å². The number of alkyl halides is 3. The minimum absolute atomic E-state index is 0.0567. The van der Waals surface area contributed by atoms with Gasteiger partial charge in [0, 0.05) is 51.8 Å². The van der Waals surface area contributed by atoms with E-state index >= 15 is 0 Å². The van der Waals surface area contributed by atoms with Crippen LogP contribution in [0.2, 0.25) is 0 Å². The number of hydrogen-bond donors (Lipinski definition) is 5. The molecule has 1 saturated heterocycles. The fraction of sp³-hybridized carbons (Fsp3) is 0.419. The summed E-state index contributed by atoms with van der Waals surface area (Å²) in [6, 6.07) is 12.7. The fourth-order valence-electron chi connectivity index (χ4n) is 5.20. The second-order valence-corrected chi connectivity index (χ2v) is 10.9. The molecule has 1 fully saturated rings. The summed E-state index contributed by atoms with van der Waals surface area (Å²) < 4.78 is 31.7. The lowest BCUT2D eigenvalue weighted by Gasteiger charge is -2.31. The SMILES string of the molecule is CC(=O)NC[C@H](NC(=O)CN(Cc1cccc2ccccc12)C[C@@H]1CCCN1C(=O)CCc1c[nH]cn1)C(=O)O.O=C(O)C(F)(F)F. The molecule has 4 rings (SSSR count). The van der Waals surface area contributed by atoms with Crippen molar-refractivity contribution < 1.29 is 47.4 Å². The number of amides is 3. The van der Waals surface area contributed by atoms with Crippen molar-refractivity contribution in [1.29, 1.82) is 0 Å². The number of H-pyrrole nitrogens is 1. The van der Waals surface area contributed by atoms with Gasteiger partial charge in [-0.2, -0.15) is 13.2 Å². The predicted octanol–water partition coefficient (Wildman–Crippen LogP) is 2.33. The van der Waals surface area contributed by atoms with Gasteiger partial charge in [-0.25, -0.2) is 14.6 Å². The van der Waals surface area contributed by atoms with Crippen LogP contribution < -0.4 is 10.6 Å². The summed E-state index contributed by atoms with van der Waals surface area (Å²) >= 11 is 0. The normalized spacial score (nSPS) is 15.1. The zero-order valence-electron chi connectivity index (χ0n) is 25.6. The van der Waals surface area contributed by atoms with Gasteiger partial charge in [0.05, 0.1) is 18.6 Å². The summed E-state index contributed by atoms with van der Waals surface area (Å²) in [5, 5.41) is 23.8. The van der Waals surface area contributed by atoms with Crippen LogP contribution in [-0.4, -0.2) is 104 Å². The summed E-state index contributed by atoms with van der Waals surface area (Å²) in [7, 11) is 0. The number of carboxylic acids is 2. The van der Waals surface area contributed by atoms with Gasteiger partial charge in [0.15, 0.2) is 0 Å². The molecule has 5 N–H and O–H groups in total. The summed E-state index contributed by atoms with van der Waals surface area (Å²) in [5.74, 6) is -4.77. The van der Waals surface area contributed by atoms with Crippen LogP contribution in [0.3, 0.4) is 0 Å². The summed E-state index contributed by atoms with van der Waals surface area (Å²) in [6.45, 7) is 2.60. The number of aromatic nitrogens is 2. The average Bonchev–Trinajstić information content (AvgIpc) is 3.70. The Balaban J connectivity index is 0.000000771. The van der Waals surface area contributed by atoms with Gasteiger partial charge in [-0.1, -0.05) is 42.5 Å². The van der Waals surface area contributed by atoms with Gasteiger partial charge in [-0.05, 0) is 35.6 Å².